The maximum absolute atomic E-state index is 5.93. The van der Waals surface area contributed by atoms with Gasteiger partial charge in [0.25, 0.3) is 0 Å². The van der Waals surface area contributed by atoms with Crippen LogP contribution in [0.2, 0.25) is 0 Å². The van der Waals surface area contributed by atoms with Gasteiger partial charge in [0, 0.05) is 0 Å². The van der Waals surface area contributed by atoms with Crippen LogP contribution < -0.4 is 15.4 Å². The van der Waals surface area contributed by atoms with E-state index in [1.165, 1.54) is 32.1 Å². The Morgan fingerprint density at radius 3 is 2.90 bits per heavy atom. The first kappa shape index (κ1) is 14.0. The number of nitrogens with zero attached hydrogens (tertiary/aromatic N) is 1. The lowest BCUT2D eigenvalue weighted by atomic mass is 10.1. The molecule has 2 N–H and O–H groups in total. The molecule has 3 rings (SSSR count). The van der Waals surface area contributed by atoms with Crippen molar-refractivity contribution in [1.82, 2.24) is 5.32 Å². The SMILES string of the molecule is CCCCCCCC1N=CC2=C(N1)Oc1ccccc1N2. The van der Waals surface area contributed by atoms with Gasteiger partial charge in [0.15, 0.2) is 5.75 Å². The van der Waals surface area contributed by atoms with Crippen molar-refractivity contribution in [3.05, 3.63) is 35.8 Å². The van der Waals surface area contributed by atoms with Crippen LogP contribution in [0.5, 0.6) is 5.75 Å². The lowest BCUT2D eigenvalue weighted by Gasteiger charge is -2.29. The van der Waals surface area contributed by atoms with E-state index in [0.717, 1.165) is 29.4 Å². The molecule has 0 saturated carbocycles. The minimum Gasteiger partial charge on any atom is -0.437 e. The van der Waals surface area contributed by atoms with Gasteiger partial charge in [-0.1, -0.05) is 44.7 Å². The highest BCUT2D eigenvalue weighted by Crippen LogP contribution is 2.32. The summed E-state index contributed by atoms with van der Waals surface area (Å²) in [5.74, 6) is 1.66. The van der Waals surface area contributed by atoms with Crippen LogP contribution in [0.3, 0.4) is 0 Å². The maximum atomic E-state index is 5.93. The third-order valence-corrected chi connectivity index (χ3v) is 3.88. The Labute approximate surface area is 126 Å². The third kappa shape index (κ3) is 3.38. The normalized spacial score (nSPS) is 19.2. The number of fused-ring (bicyclic) bond motifs is 1. The number of rotatable bonds is 6. The summed E-state index contributed by atoms with van der Waals surface area (Å²) in [4.78, 5) is 4.57. The monoisotopic (exact) mass is 285 g/mol. The van der Waals surface area contributed by atoms with E-state index >= 15 is 0 Å². The molecule has 1 atom stereocenters. The number of anilines is 1. The van der Waals surface area contributed by atoms with Gasteiger partial charge in [-0.15, -0.1) is 0 Å². The van der Waals surface area contributed by atoms with Gasteiger partial charge in [0.05, 0.1) is 11.9 Å². The number of hydrogen-bond donors (Lipinski definition) is 2. The lowest BCUT2D eigenvalue weighted by Crippen LogP contribution is -2.37. The van der Waals surface area contributed by atoms with Gasteiger partial charge in [-0.25, -0.2) is 0 Å². The number of allylic oxidation sites excluding steroid dienone is 1. The van der Waals surface area contributed by atoms with E-state index in [0.29, 0.717) is 0 Å². The number of ether oxygens (including phenoxy) is 1. The Bertz CT molecular complexity index is 551. The molecule has 1 aromatic rings. The Hall–Kier alpha value is -1.97. The smallest absolute Gasteiger partial charge is 0.220 e. The van der Waals surface area contributed by atoms with Crippen LogP contribution in [-0.2, 0) is 0 Å². The van der Waals surface area contributed by atoms with Gasteiger partial charge in [-0.05, 0) is 25.0 Å². The summed E-state index contributed by atoms with van der Waals surface area (Å²) < 4.78 is 5.93. The summed E-state index contributed by atoms with van der Waals surface area (Å²) in [6.45, 7) is 2.24. The van der Waals surface area contributed by atoms with Gasteiger partial charge in [0.2, 0.25) is 5.88 Å². The quantitative estimate of drug-likeness (QED) is 0.776. The molecule has 1 unspecified atom stereocenters. The minimum absolute atomic E-state index is 0.137. The Morgan fingerprint density at radius 2 is 2.00 bits per heavy atom. The summed E-state index contributed by atoms with van der Waals surface area (Å²) in [5.41, 5.74) is 1.90. The van der Waals surface area contributed by atoms with Gasteiger partial charge >= 0.3 is 0 Å². The number of hydrogen-bond acceptors (Lipinski definition) is 4. The molecule has 0 fully saturated rings. The van der Waals surface area contributed by atoms with Crippen LogP contribution in [-0.4, -0.2) is 12.4 Å². The second kappa shape index (κ2) is 6.66. The minimum atomic E-state index is 0.137. The van der Waals surface area contributed by atoms with Gasteiger partial charge in [0.1, 0.15) is 11.9 Å². The number of unbranched alkanes of at least 4 members (excludes halogenated alkanes) is 4. The van der Waals surface area contributed by atoms with Gasteiger partial charge < -0.3 is 15.4 Å². The molecule has 0 bridgehead atoms. The molecule has 21 heavy (non-hydrogen) atoms. The molecule has 0 radical (unpaired) electrons. The van der Waals surface area contributed by atoms with Crippen molar-refractivity contribution >= 4 is 11.9 Å². The molecule has 0 aliphatic carbocycles. The summed E-state index contributed by atoms with van der Waals surface area (Å²) in [6, 6.07) is 7.95. The highest BCUT2D eigenvalue weighted by atomic mass is 16.5. The van der Waals surface area contributed by atoms with Crippen LogP contribution in [0, 0.1) is 0 Å². The fraction of sp³-hybridized carbons (Fsp3) is 0.471. The molecule has 0 amide bonds. The Morgan fingerprint density at radius 1 is 1.14 bits per heavy atom. The van der Waals surface area contributed by atoms with E-state index in [1.54, 1.807) is 0 Å². The van der Waals surface area contributed by atoms with Crippen LogP contribution in [0.4, 0.5) is 5.69 Å². The first-order valence-electron chi connectivity index (χ1n) is 7.94. The second-order valence-corrected chi connectivity index (χ2v) is 5.61. The Kier molecular flexibility index (Phi) is 4.43. The third-order valence-electron chi connectivity index (χ3n) is 3.88. The zero-order valence-electron chi connectivity index (χ0n) is 12.6. The molecule has 112 valence electrons. The highest BCUT2D eigenvalue weighted by molar-refractivity contribution is 5.87. The summed E-state index contributed by atoms with van der Waals surface area (Å²) >= 11 is 0. The first-order chi connectivity index (χ1) is 10.4. The maximum Gasteiger partial charge on any atom is 0.220 e. The highest BCUT2D eigenvalue weighted by Gasteiger charge is 2.23. The van der Waals surface area contributed by atoms with E-state index in [4.69, 9.17) is 4.74 Å². The van der Waals surface area contributed by atoms with Crippen LogP contribution in [0.25, 0.3) is 0 Å². The standard InChI is InChI=1S/C17H23N3O/c1-2-3-4-5-6-11-16-18-12-14-17(20-16)21-15-10-8-7-9-13(15)19-14/h7-10,12,16,19-20H,2-6,11H2,1H3. The van der Waals surface area contributed by atoms with Crippen molar-refractivity contribution < 1.29 is 4.74 Å². The number of benzene rings is 1. The van der Waals surface area contributed by atoms with Crippen LogP contribution in [0.1, 0.15) is 45.4 Å². The van der Waals surface area contributed by atoms with Crippen molar-refractivity contribution in [2.75, 3.05) is 5.32 Å². The molecule has 2 heterocycles. The fourth-order valence-corrected chi connectivity index (χ4v) is 2.66. The molecule has 2 aliphatic heterocycles. The fourth-order valence-electron chi connectivity index (χ4n) is 2.66. The van der Waals surface area contributed by atoms with E-state index in [2.05, 4.69) is 22.5 Å². The predicted octanol–water partition coefficient (Wildman–Crippen LogP) is 4.02. The molecule has 0 spiro atoms. The average molecular weight is 285 g/mol. The summed E-state index contributed by atoms with van der Waals surface area (Å²) in [5, 5.41) is 6.73. The number of nitrogens with one attached hydrogen (secondary N) is 2. The van der Waals surface area contributed by atoms with Crippen LogP contribution in [0.15, 0.2) is 40.8 Å². The summed E-state index contributed by atoms with van der Waals surface area (Å²) in [7, 11) is 0. The average Bonchev–Trinajstić information content (AvgIpc) is 2.52. The molecular weight excluding hydrogens is 262 g/mol. The molecule has 1 aromatic carbocycles. The molecule has 4 heteroatoms. The van der Waals surface area contributed by atoms with Gasteiger partial charge in [-0.2, -0.15) is 0 Å². The zero-order valence-corrected chi connectivity index (χ0v) is 12.6. The molecular formula is C17H23N3O. The van der Waals surface area contributed by atoms with E-state index < -0.39 is 0 Å². The molecule has 4 nitrogen and oxygen atoms in total. The Balaban J connectivity index is 1.53. The second-order valence-electron chi connectivity index (χ2n) is 5.61. The largest absolute Gasteiger partial charge is 0.437 e. The van der Waals surface area contributed by atoms with Crippen molar-refractivity contribution in [3.8, 4) is 5.75 Å². The van der Waals surface area contributed by atoms with Crippen molar-refractivity contribution in [2.24, 2.45) is 4.99 Å². The topological polar surface area (TPSA) is 45.7 Å². The van der Waals surface area contributed by atoms with Crippen LogP contribution >= 0.6 is 0 Å². The first-order valence-corrected chi connectivity index (χ1v) is 7.94. The molecule has 0 saturated heterocycles. The predicted molar refractivity (Wildman–Crippen MR) is 86.5 cm³/mol. The van der Waals surface area contributed by atoms with Crippen molar-refractivity contribution in [2.45, 2.75) is 51.6 Å². The van der Waals surface area contributed by atoms with Crippen molar-refractivity contribution in [3.63, 3.8) is 0 Å². The van der Waals surface area contributed by atoms with E-state index in [9.17, 15) is 0 Å². The summed E-state index contributed by atoms with van der Waals surface area (Å²) in [6.07, 6.45) is 9.52. The van der Waals surface area contributed by atoms with E-state index in [1.807, 2.05) is 30.5 Å². The van der Waals surface area contributed by atoms with E-state index in [-0.39, 0.29) is 6.17 Å². The number of aliphatic imine (C=N–C) groups is 1. The van der Waals surface area contributed by atoms with Gasteiger partial charge in [-0.3, -0.25) is 4.99 Å². The zero-order chi connectivity index (χ0) is 14.5. The van der Waals surface area contributed by atoms with Crippen molar-refractivity contribution in [1.29, 1.82) is 0 Å². The molecule has 0 aromatic heterocycles. The molecule has 2 aliphatic rings. The lowest BCUT2D eigenvalue weighted by molar-refractivity contribution is 0.337. The number of para-hydroxylation sites is 2.